The van der Waals surface area contributed by atoms with Gasteiger partial charge in [-0.25, -0.2) is 5.43 Å². The Morgan fingerprint density at radius 2 is 2.07 bits per heavy atom. The lowest BCUT2D eigenvalue weighted by atomic mass is 9.79. The molecule has 0 radical (unpaired) electrons. The van der Waals surface area contributed by atoms with Gasteiger partial charge in [0.2, 0.25) is 0 Å². The average molecular weight is 398 g/mol. The second kappa shape index (κ2) is 7.96. The predicted octanol–water partition coefficient (Wildman–Crippen LogP) is 5.52. The minimum atomic E-state index is -0.313. The van der Waals surface area contributed by atoms with Crippen molar-refractivity contribution in [2.24, 2.45) is 5.10 Å². The van der Waals surface area contributed by atoms with Gasteiger partial charge in [-0.1, -0.05) is 30.7 Å². The number of anilines is 1. The SMILES string of the molecule is CCN1c2ccc(/C=N\NC(=O)c3ccc(C)cc3Cl)cc2C(C)CC1(C)C. The first-order valence-corrected chi connectivity index (χ1v) is 10.1. The van der Waals surface area contributed by atoms with Crippen LogP contribution in [0.1, 0.15) is 67.1 Å². The van der Waals surface area contributed by atoms with Gasteiger partial charge in [0.15, 0.2) is 0 Å². The lowest BCUT2D eigenvalue weighted by molar-refractivity contribution is 0.0955. The molecule has 1 unspecified atom stereocenters. The topological polar surface area (TPSA) is 44.7 Å². The van der Waals surface area contributed by atoms with E-state index in [2.05, 4.69) is 55.3 Å². The summed E-state index contributed by atoms with van der Waals surface area (Å²) in [4.78, 5) is 14.8. The third-order valence-corrected chi connectivity index (χ3v) is 5.79. The van der Waals surface area contributed by atoms with Crippen molar-refractivity contribution in [3.8, 4) is 0 Å². The van der Waals surface area contributed by atoms with Gasteiger partial charge < -0.3 is 4.90 Å². The number of rotatable bonds is 4. The Bertz CT molecular complexity index is 920. The van der Waals surface area contributed by atoms with Crippen LogP contribution in [0.25, 0.3) is 0 Å². The molecule has 28 heavy (non-hydrogen) atoms. The van der Waals surface area contributed by atoms with Gasteiger partial charge in [-0.2, -0.15) is 5.10 Å². The maximum atomic E-state index is 12.3. The lowest BCUT2D eigenvalue weighted by Crippen LogP contribution is -2.48. The molecule has 0 fully saturated rings. The van der Waals surface area contributed by atoms with Crippen molar-refractivity contribution in [3.63, 3.8) is 0 Å². The highest BCUT2D eigenvalue weighted by atomic mass is 35.5. The zero-order valence-electron chi connectivity index (χ0n) is 17.2. The summed E-state index contributed by atoms with van der Waals surface area (Å²) >= 11 is 6.15. The molecule has 4 nitrogen and oxygen atoms in total. The first-order valence-electron chi connectivity index (χ1n) is 9.74. The van der Waals surface area contributed by atoms with Crippen LogP contribution < -0.4 is 10.3 Å². The van der Waals surface area contributed by atoms with Crippen molar-refractivity contribution in [1.29, 1.82) is 0 Å². The van der Waals surface area contributed by atoms with Crippen LogP contribution in [0.4, 0.5) is 5.69 Å². The van der Waals surface area contributed by atoms with E-state index in [4.69, 9.17) is 11.6 Å². The van der Waals surface area contributed by atoms with Crippen LogP contribution in [0.2, 0.25) is 5.02 Å². The molecule has 1 heterocycles. The summed E-state index contributed by atoms with van der Waals surface area (Å²) in [5.41, 5.74) is 7.74. The van der Waals surface area contributed by atoms with E-state index in [1.165, 1.54) is 11.3 Å². The molecule has 1 atom stereocenters. The van der Waals surface area contributed by atoms with Gasteiger partial charge in [0.1, 0.15) is 0 Å². The fourth-order valence-electron chi connectivity index (χ4n) is 4.22. The molecular weight excluding hydrogens is 370 g/mol. The van der Waals surface area contributed by atoms with Crippen LogP contribution in [0, 0.1) is 6.92 Å². The van der Waals surface area contributed by atoms with E-state index in [-0.39, 0.29) is 11.4 Å². The van der Waals surface area contributed by atoms with Gasteiger partial charge in [0.05, 0.1) is 16.8 Å². The summed E-state index contributed by atoms with van der Waals surface area (Å²) in [6.45, 7) is 12.0. The number of amides is 1. The van der Waals surface area contributed by atoms with E-state index >= 15 is 0 Å². The summed E-state index contributed by atoms with van der Waals surface area (Å²) in [6, 6.07) is 11.7. The van der Waals surface area contributed by atoms with Gasteiger partial charge in [0, 0.05) is 17.8 Å². The molecule has 1 aliphatic rings. The number of aryl methyl sites for hydroxylation is 1. The van der Waals surface area contributed by atoms with Crippen LogP contribution in [0.3, 0.4) is 0 Å². The largest absolute Gasteiger partial charge is 0.366 e. The number of hydrogen-bond acceptors (Lipinski definition) is 3. The van der Waals surface area contributed by atoms with E-state index < -0.39 is 0 Å². The maximum absolute atomic E-state index is 12.3. The number of halogens is 1. The van der Waals surface area contributed by atoms with Gasteiger partial charge in [0.25, 0.3) is 5.91 Å². The van der Waals surface area contributed by atoms with Crippen LogP contribution in [-0.2, 0) is 0 Å². The van der Waals surface area contributed by atoms with Crippen LogP contribution in [0.15, 0.2) is 41.5 Å². The van der Waals surface area contributed by atoms with Crippen LogP contribution in [0.5, 0.6) is 0 Å². The molecule has 0 saturated carbocycles. The van der Waals surface area contributed by atoms with Gasteiger partial charge >= 0.3 is 0 Å². The second-order valence-corrected chi connectivity index (χ2v) is 8.57. The molecule has 1 aliphatic heterocycles. The van der Waals surface area contributed by atoms with E-state index in [9.17, 15) is 4.79 Å². The van der Waals surface area contributed by atoms with Crippen molar-refractivity contribution in [2.45, 2.75) is 52.5 Å². The first kappa shape index (κ1) is 20.4. The Hall–Kier alpha value is -2.33. The molecule has 5 heteroatoms. The Kier molecular flexibility index (Phi) is 5.80. The number of benzene rings is 2. The number of fused-ring (bicyclic) bond motifs is 1. The van der Waals surface area contributed by atoms with Gasteiger partial charge in [-0.05, 0) is 81.0 Å². The molecule has 0 bridgehead atoms. The van der Waals surface area contributed by atoms with Crippen molar-refractivity contribution in [2.75, 3.05) is 11.4 Å². The number of carbonyl (C=O) groups excluding carboxylic acids is 1. The molecule has 148 valence electrons. The lowest BCUT2D eigenvalue weighted by Gasteiger charge is -2.47. The molecule has 2 aromatic rings. The van der Waals surface area contributed by atoms with Crippen LogP contribution >= 0.6 is 11.6 Å². The quantitative estimate of drug-likeness (QED) is 0.545. The molecule has 0 spiro atoms. The van der Waals surface area contributed by atoms with E-state index in [1.807, 2.05) is 19.1 Å². The monoisotopic (exact) mass is 397 g/mol. The average Bonchev–Trinajstić information content (AvgIpc) is 2.61. The van der Waals surface area contributed by atoms with Crippen molar-refractivity contribution >= 4 is 29.4 Å². The summed E-state index contributed by atoms with van der Waals surface area (Å²) < 4.78 is 0. The molecule has 3 rings (SSSR count). The number of carbonyl (C=O) groups is 1. The molecule has 0 aromatic heterocycles. The third-order valence-electron chi connectivity index (χ3n) is 5.47. The number of nitrogens with one attached hydrogen (secondary N) is 1. The van der Waals surface area contributed by atoms with Gasteiger partial charge in [-0.15, -0.1) is 0 Å². The molecule has 1 N–H and O–H groups in total. The maximum Gasteiger partial charge on any atom is 0.272 e. The van der Waals surface area contributed by atoms with Crippen LogP contribution in [-0.4, -0.2) is 24.2 Å². The number of nitrogens with zero attached hydrogens (tertiary/aromatic N) is 2. The number of hydrazone groups is 1. The smallest absolute Gasteiger partial charge is 0.272 e. The highest BCUT2D eigenvalue weighted by molar-refractivity contribution is 6.33. The zero-order chi connectivity index (χ0) is 20.5. The molecule has 0 aliphatic carbocycles. The number of hydrogen-bond donors (Lipinski definition) is 1. The summed E-state index contributed by atoms with van der Waals surface area (Å²) in [5.74, 6) is 0.161. The first-order chi connectivity index (χ1) is 13.2. The third kappa shape index (κ3) is 4.07. The highest BCUT2D eigenvalue weighted by Crippen LogP contribution is 2.43. The fraction of sp³-hybridized carbons (Fsp3) is 0.391. The predicted molar refractivity (Wildman–Crippen MR) is 118 cm³/mol. The van der Waals surface area contributed by atoms with Crippen molar-refractivity contribution < 1.29 is 4.79 Å². The highest BCUT2D eigenvalue weighted by Gasteiger charge is 2.35. The Balaban J connectivity index is 1.77. The van der Waals surface area contributed by atoms with E-state index in [1.54, 1.807) is 18.3 Å². The van der Waals surface area contributed by atoms with E-state index in [0.717, 1.165) is 24.1 Å². The Labute approximate surface area is 172 Å². The molecule has 2 aromatic carbocycles. The van der Waals surface area contributed by atoms with Crippen molar-refractivity contribution in [3.05, 3.63) is 63.7 Å². The summed E-state index contributed by atoms with van der Waals surface area (Å²) in [6.07, 6.45) is 2.79. The minimum Gasteiger partial charge on any atom is -0.366 e. The Morgan fingerprint density at radius 3 is 2.75 bits per heavy atom. The van der Waals surface area contributed by atoms with Crippen molar-refractivity contribution in [1.82, 2.24) is 5.43 Å². The van der Waals surface area contributed by atoms with Gasteiger partial charge in [-0.3, -0.25) is 4.79 Å². The summed E-state index contributed by atoms with van der Waals surface area (Å²) in [5, 5.41) is 4.55. The second-order valence-electron chi connectivity index (χ2n) is 8.16. The minimum absolute atomic E-state index is 0.151. The van der Waals surface area contributed by atoms with E-state index in [0.29, 0.717) is 16.5 Å². The molecular formula is C23H28ClN3O. The molecule has 0 saturated heterocycles. The fourth-order valence-corrected chi connectivity index (χ4v) is 4.54. The molecule has 1 amide bonds. The summed E-state index contributed by atoms with van der Waals surface area (Å²) in [7, 11) is 0. The normalized spacial score (nSPS) is 18.2. The standard InChI is InChI=1S/C23H28ClN3O/c1-6-27-21-10-8-17(12-19(21)16(3)13-23(27,4)5)14-25-26-22(28)18-9-7-15(2)11-20(18)24/h7-12,14,16H,6,13H2,1-5H3,(H,26,28)/b25-14-. The zero-order valence-corrected chi connectivity index (χ0v) is 18.0. The Morgan fingerprint density at radius 1 is 1.32 bits per heavy atom.